The number of hydrogen-bond acceptors (Lipinski definition) is 6. The first-order valence-electron chi connectivity index (χ1n) is 8.40. The predicted octanol–water partition coefficient (Wildman–Crippen LogP) is 2.70. The summed E-state index contributed by atoms with van der Waals surface area (Å²) in [7, 11) is -1.22. The van der Waals surface area contributed by atoms with E-state index in [-0.39, 0.29) is 17.7 Å². The number of rotatable bonds is 8. The number of carbonyl (C=O) groups is 2. The van der Waals surface area contributed by atoms with Crippen molar-refractivity contribution in [2.45, 2.75) is 24.7 Å². The molecule has 0 saturated heterocycles. The molecule has 0 aliphatic carbocycles. The largest absolute Gasteiger partial charge is 0.495 e. The Labute approximate surface area is 163 Å². The maximum atomic E-state index is 12.7. The molecule has 2 aromatic rings. The zero-order valence-corrected chi connectivity index (χ0v) is 16.6. The van der Waals surface area contributed by atoms with Crippen molar-refractivity contribution in [3.63, 3.8) is 0 Å². The van der Waals surface area contributed by atoms with Gasteiger partial charge >= 0.3 is 5.97 Å². The average Bonchev–Trinajstić information content (AvgIpc) is 2.67. The monoisotopic (exact) mass is 406 g/mol. The molecule has 0 aromatic heterocycles. The van der Waals surface area contributed by atoms with Crippen LogP contribution in [-0.4, -0.2) is 34.5 Å². The highest BCUT2D eigenvalue weighted by molar-refractivity contribution is 7.92. The molecule has 0 radical (unpaired) electrons. The van der Waals surface area contributed by atoms with Crippen LogP contribution < -0.4 is 14.8 Å². The molecule has 2 N–H and O–H groups in total. The lowest BCUT2D eigenvalue weighted by Crippen LogP contribution is -2.17. The molecule has 2 rings (SSSR count). The number of benzene rings is 2. The molecule has 28 heavy (non-hydrogen) atoms. The molecule has 0 unspecified atom stereocenters. The number of sulfonamides is 1. The van der Waals surface area contributed by atoms with Gasteiger partial charge in [0.1, 0.15) is 5.75 Å². The van der Waals surface area contributed by atoms with Gasteiger partial charge in [-0.2, -0.15) is 0 Å². The smallest absolute Gasteiger partial charge is 0.306 e. The molecule has 2 aromatic carbocycles. The highest BCUT2D eigenvalue weighted by Gasteiger charge is 2.18. The molecule has 0 fully saturated rings. The molecule has 0 heterocycles. The summed E-state index contributed by atoms with van der Waals surface area (Å²) >= 11 is 0. The summed E-state index contributed by atoms with van der Waals surface area (Å²) in [5, 5.41) is 2.62. The summed E-state index contributed by atoms with van der Waals surface area (Å²) in [5.74, 6) is -0.528. The van der Waals surface area contributed by atoms with Crippen LogP contribution in [-0.2, 0) is 24.3 Å². The third kappa shape index (κ3) is 5.46. The maximum Gasteiger partial charge on any atom is 0.306 e. The van der Waals surface area contributed by atoms with Crippen molar-refractivity contribution in [3.05, 3.63) is 48.0 Å². The number of nitrogens with one attached hydrogen (secondary N) is 2. The number of esters is 1. The van der Waals surface area contributed by atoms with Gasteiger partial charge in [-0.25, -0.2) is 8.42 Å². The first kappa shape index (κ1) is 21.2. The molecule has 150 valence electrons. The van der Waals surface area contributed by atoms with E-state index in [2.05, 4.69) is 14.8 Å². The fraction of sp³-hybridized carbons (Fsp3) is 0.263. The fourth-order valence-corrected chi connectivity index (χ4v) is 3.46. The summed E-state index contributed by atoms with van der Waals surface area (Å²) < 4.78 is 37.6. The van der Waals surface area contributed by atoms with Crippen molar-refractivity contribution in [2.75, 3.05) is 24.3 Å². The summed E-state index contributed by atoms with van der Waals surface area (Å²) in [4.78, 5) is 23.1. The van der Waals surface area contributed by atoms with Gasteiger partial charge in [-0.05, 0) is 36.8 Å². The molecule has 8 nitrogen and oxygen atoms in total. The van der Waals surface area contributed by atoms with Gasteiger partial charge in [0.25, 0.3) is 10.0 Å². The zero-order chi connectivity index (χ0) is 20.7. The molecule has 1 amide bonds. The van der Waals surface area contributed by atoms with E-state index < -0.39 is 21.9 Å². The van der Waals surface area contributed by atoms with Crippen LogP contribution in [0, 0.1) is 6.92 Å². The highest BCUT2D eigenvalue weighted by Crippen LogP contribution is 2.27. The van der Waals surface area contributed by atoms with Crippen molar-refractivity contribution < 1.29 is 27.5 Å². The first-order valence-corrected chi connectivity index (χ1v) is 9.88. The second kappa shape index (κ2) is 9.23. The number of para-hydroxylation sites is 2. The maximum absolute atomic E-state index is 12.7. The first-order chi connectivity index (χ1) is 13.3. The van der Waals surface area contributed by atoms with Gasteiger partial charge in [0.05, 0.1) is 31.2 Å². The number of aryl methyl sites for hydroxylation is 1. The van der Waals surface area contributed by atoms with E-state index in [0.717, 1.165) is 0 Å². The molecule has 0 saturated carbocycles. The molecule has 0 aliphatic rings. The summed E-state index contributed by atoms with van der Waals surface area (Å²) in [6.07, 6.45) is -0.128. The van der Waals surface area contributed by atoms with E-state index in [1.165, 1.54) is 26.4 Å². The van der Waals surface area contributed by atoms with Crippen LogP contribution in [0.3, 0.4) is 0 Å². The minimum atomic E-state index is -3.91. The predicted molar refractivity (Wildman–Crippen MR) is 105 cm³/mol. The number of hydrogen-bond donors (Lipinski definition) is 2. The van der Waals surface area contributed by atoms with Crippen LogP contribution in [0.5, 0.6) is 5.75 Å². The van der Waals surface area contributed by atoms with Crippen LogP contribution in [0.4, 0.5) is 11.4 Å². The summed E-state index contributed by atoms with van der Waals surface area (Å²) in [6, 6.07) is 11.0. The Kier molecular flexibility index (Phi) is 7.00. The van der Waals surface area contributed by atoms with Crippen molar-refractivity contribution in [2.24, 2.45) is 0 Å². The Bertz CT molecular complexity index is 972. The van der Waals surface area contributed by atoms with Gasteiger partial charge < -0.3 is 14.8 Å². The highest BCUT2D eigenvalue weighted by atomic mass is 32.2. The molecule has 0 aliphatic heterocycles. The van der Waals surface area contributed by atoms with Crippen LogP contribution in [0.25, 0.3) is 0 Å². The number of methoxy groups -OCH3 is 2. The van der Waals surface area contributed by atoms with Crippen LogP contribution in [0.1, 0.15) is 18.4 Å². The van der Waals surface area contributed by atoms with Crippen molar-refractivity contribution in [1.82, 2.24) is 0 Å². The Hall–Kier alpha value is -3.07. The van der Waals surface area contributed by atoms with Gasteiger partial charge in [0.15, 0.2) is 0 Å². The van der Waals surface area contributed by atoms with Crippen LogP contribution in [0.15, 0.2) is 47.4 Å². The van der Waals surface area contributed by atoms with Crippen LogP contribution in [0.2, 0.25) is 0 Å². The molecular formula is C19H22N2O6S. The Balaban J connectivity index is 2.21. The topological polar surface area (TPSA) is 111 Å². The lowest BCUT2D eigenvalue weighted by Gasteiger charge is -2.14. The van der Waals surface area contributed by atoms with Crippen molar-refractivity contribution in [1.29, 1.82) is 0 Å². The van der Waals surface area contributed by atoms with Gasteiger partial charge in [-0.1, -0.05) is 18.2 Å². The van der Waals surface area contributed by atoms with Crippen LogP contribution >= 0.6 is 0 Å². The second-order valence-electron chi connectivity index (χ2n) is 5.91. The van der Waals surface area contributed by atoms with E-state index in [1.807, 2.05) is 0 Å². The minimum absolute atomic E-state index is 0.0210. The zero-order valence-electron chi connectivity index (χ0n) is 15.8. The van der Waals surface area contributed by atoms with E-state index in [9.17, 15) is 18.0 Å². The number of anilines is 2. The van der Waals surface area contributed by atoms with Crippen molar-refractivity contribution >= 4 is 33.3 Å². The van der Waals surface area contributed by atoms with Gasteiger partial charge in [0, 0.05) is 12.1 Å². The van der Waals surface area contributed by atoms with Gasteiger partial charge in [0.2, 0.25) is 5.91 Å². The van der Waals surface area contributed by atoms with E-state index in [0.29, 0.717) is 22.7 Å². The van der Waals surface area contributed by atoms with Gasteiger partial charge in [-0.3, -0.25) is 14.3 Å². The van der Waals surface area contributed by atoms with Gasteiger partial charge in [-0.15, -0.1) is 0 Å². The molecular weight excluding hydrogens is 384 g/mol. The standard InChI is InChI=1S/C19H22N2O6S/c1-13-8-9-14(12-16(13)20-18(22)10-11-19(23)27-3)28(24,25)21-15-6-4-5-7-17(15)26-2/h4-9,12,21H,10-11H2,1-3H3,(H,20,22). The molecule has 0 bridgehead atoms. The normalized spacial score (nSPS) is 10.8. The van der Waals surface area contributed by atoms with E-state index in [4.69, 9.17) is 4.74 Å². The molecule has 0 spiro atoms. The van der Waals surface area contributed by atoms with E-state index >= 15 is 0 Å². The van der Waals surface area contributed by atoms with Crippen molar-refractivity contribution in [3.8, 4) is 5.75 Å². The third-order valence-corrected chi connectivity index (χ3v) is 5.29. The molecule has 0 atom stereocenters. The minimum Gasteiger partial charge on any atom is -0.495 e. The summed E-state index contributed by atoms with van der Waals surface area (Å²) in [6.45, 7) is 1.74. The fourth-order valence-electron chi connectivity index (χ4n) is 2.37. The van der Waals surface area contributed by atoms with E-state index in [1.54, 1.807) is 37.3 Å². The summed E-state index contributed by atoms with van der Waals surface area (Å²) in [5.41, 5.74) is 1.33. The Morgan fingerprint density at radius 1 is 1.00 bits per heavy atom. The molecule has 9 heteroatoms. The lowest BCUT2D eigenvalue weighted by atomic mass is 10.2. The quantitative estimate of drug-likeness (QED) is 0.652. The SMILES string of the molecule is COC(=O)CCC(=O)Nc1cc(S(=O)(=O)Nc2ccccc2OC)ccc1C. The number of carbonyl (C=O) groups excluding carboxylic acids is 2. The second-order valence-corrected chi connectivity index (χ2v) is 7.59. The Morgan fingerprint density at radius 2 is 1.71 bits per heavy atom. The third-order valence-electron chi connectivity index (χ3n) is 3.93. The number of amides is 1. The average molecular weight is 406 g/mol. The number of ether oxygens (including phenoxy) is 2. The Morgan fingerprint density at radius 3 is 2.39 bits per heavy atom. The lowest BCUT2D eigenvalue weighted by molar-refractivity contribution is -0.141.